The Kier molecular flexibility index (Phi) is 7.35. The lowest BCUT2D eigenvalue weighted by molar-refractivity contribution is 1.07. The molecular weight excluding hydrogens is 687 g/mol. The summed E-state index contributed by atoms with van der Waals surface area (Å²) < 4.78 is 2.47. The zero-order valence-corrected chi connectivity index (χ0v) is 30.5. The van der Waals surface area contributed by atoms with Crippen molar-refractivity contribution in [2.75, 3.05) is 0 Å². The lowest BCUT2D eigenvalue weighted by atomic mass is 9.91. The Morgan fingerprint density at radius 2 is 0.745 bits per heavy atom. The fraction of sp³-hybridized carbons (Fsp3) is 0. The van der Waals surface area contributed by atoms with Gasteiger partial charge in [-0.25, -0.2) is 15.0 Å². The highest BCUT2D eigenvalue weighted by Crippen LogP contribution is 2.41. The summed E-state index contributed by atoms with van der Waals surface area (Å²) in [5.74, 6) is 1.95. The van der Waals surface area contributed by atoms with E-state index in [1.54, 1.807) is 11.3 Å². The molecule has 2 aromatic heterocycles. The molecule has 55 heavy (non-hydrogen) atoms. The predicted molar refractivity (Wildman–Crippen MR) is 232 cm³/mol. The second-order valence-corrected chi connectivity index (χ2v) is 15.0. The van der Waals surface area contributed by atoms with Gasteiger partial charge in [0, 0.05) is 36.9 Å². The summed E-state index contributed by atoms with van der Waals surface area (Å²) in [5.41, 5.74) is 7.51. The average Bonchev–Trinajstić information content (AvgIpc) is 3.64. The van der Waals surface area contributed by atoms with Crippen molar-refractivity contribution in [3.05, 3.63) is 188 Å². The second-order valence-electron chi connectivity index (χ2n) is 14.0. The third-order valence-corrected chi connectivity index (χ3v) is 11.9. The maximum atomic E-state index is 5.24. The van der Waals surface area contributed by atoms with E-state index in [4.69, 9.17) is 15.0 Å². The van der Waals surface area contributed by atoms with E-state index >= 15 is 0 Å². The van der Waals surface area contributed by atoms with Gasteiger partial charge in [0.15, 0.2) is 17.5 Å². The first kappa shape index (κ1) is 31.5. The van der Waals surface area contributed by atoms with Crippen LogP contribution in [0.2, 0.25) is 0 Å². The molecule has 0 aliphatic carbocycles. The van der Waals surface area contributed by atoms with Gasteiger partial charge in [-0.15, -0.1) is 11.3 Å². The number of rotatable bonds is 5. The van der Waals surface area contributed by atoms with Gasteiger partial charge in [-0.2, -0.15) is 0 Å². The van der Waals surface area contributed by atoms with Gasteiger partial charge in [-0.1, -0.05) is 164 Å². The van der Waals surface area contributed by atoms with Gasteiger partial charge >= 0.3 is 0 Å². The molecule has 0 atom stereocenters. The summed E-state index contributed by atoms with van der Waals surface area (Å²) in [6.07, 6.45) is 0. The van der Waals surface area contributed by atoms with E-state index in [1.165, 1.54) is 63.6 Å². The van der Waals surface area contributed by atoms with Crippen molar-refractivity contribution >= 4 is 63.8 Å². The standard InChI is InChI=1S/C51H31N3S/c1-3-13-32(14-4-1)34-25-28-47-46(29-34)43-27-24-36(31-48(43)55-47)50-52-49(33-15-5-2-6-16-33)53-51(54-50)44-22-12-7-17-37(44)35-23-26-42-40-20-9-8-18-38(40)39-19-10-11-21-41(39)45(42)30-35/h1-31H. The number of thiophene rings is 1. The Hall–Kier alpha value is -7.01. The molecule has 0 aliphatic rings. The SMILES string of the molecule is c1ccc(-c2ccc3sc4cc(-c5nc(-c6ccccc6)nc(-c6ccccc6-c6ccc7c8ccccc8c8ccccc8c7c6)n5)ccc4c3c2)cc1. The quantitative estimate of drug-likeness (QED) is 0.166. The molecule has 0 fully saturated rings. The zero-order valence-electron chi connectivity index (χ0n) is 29.6. The van der Waals surface area contributed by atoms with Gasteiger partial charge in [0.25, 0.3) is 0 Å². The zero-order chi connectivity index (χ0) is 36.3. The lowest BCUT2D eigenvalue weighted by Crippen LogP contribution is -2.01. The molecule has 11 aromatic rings. The highest BCUT2D eigenvalue weighted by molar-refractivity contribution is 7.25. The molecule has 0 saturated carbocycles. The van der Waals surface area contributed by atoms with Crippen LogP contribution in [0.15, 0.2) is 188 Å². The van der Waals surface area contributed by atoms with Crippen molar-refractivity contribution in [1.29, 1.82) is 0 Å². The molecule has 0 unspecified atom stereocenters. The molecule has 11 rings (SSSR count). The maximum absolute atomic E-state index is 5.24. The summed E-state index contributed by atoms with van der Waals surface area (Å²) in [6.45, 7) is 0. The van der Waals surface area contributed by atoms with E-state index in [0.717, 1.165) is 27.8 Å². The molecule has 9 aromatic carbocycles. The van der Waals surface area contributed by atoms with Crippen LogP contribution < -0.4 is 0 Å². The minimum absolute atomic E-state index is 0.645. The largest absolute Gasteiger partial charge is 0.208 e. The average molecular weight is 718 g/mol. The lowest BCUT2D eigenvalue weighted by Gasteiger charge is -2.14. The maximum Gasteiger partial charge on any atom is 0.164 e. The van der Waals surface area contributed by atoms with E-state index in [-0.39, 0.29) is 0 Å². The van der Waals surface area contributed by atoms with Crippen LogP contribution in [0.25, 0.3) is 109 Å². The summed E-state index contributed by atoms with van der Waals surface area (Å²) >= 11 is 1.81. The molecule has 3 nitrogen and oxygen atoms in total. The Balaban J connectivity index is 1.08. The molecule has 0 saturated heterocycles. The van der Waals surface area contributed by atoms with Crippen molar-refractivity contribution in [1.82, 2.24) is 15.0 Å². The van der Waals surface area contributed by atoms with E-state index in [1.807, 2.05) is 18.2 Å². The molecule has 0 aliphatic heterocycles. The summed E-state index contributed by atoms with van der Waals surface area (Å²) in [4.78, 5) is 15.5. The van der Waals surface area contributed by atoms with Crippen molar-refractivity contribution in [3.8, 4) is 56.4 Å². The normalized spacial score (nSPS) is 11.6. The van der Waals surface area contributed by atoms with E-state index in [9.17, 15) is 0 Å². The van der Waals surface area contributed by atoms with E-state index in [2.05, 4.69) is 170 Å². The van der Waals surface area contributed by atoms with Gasteiger partial charge in [-0.05, 0) is 78.8 Å². The van der Waals surface area contributed by atoms with Gasteiger partial charge < -0.3 is 0 Å². The Labute approximate surface area is 321 Å². The first-order chi connectivity index (χ1) is 27.2. The molecule has 256 valence electrons. The van der Waals surface area contributed by atoms with Gasteiger partial charge in [0.05, 0.1) is 0 Å². The van der Waals surface area contributed by atoms with E-state index < -0.39 is 0 Å². The molecule has 4 heteroatoms. The summed E-state index contributed by atoms with van der Waals surface area (Å²) in [5, 5.41) is 10.0. The van der Waals surface area contributed by atoms with Crippen LogP contribution in [0.4, 0.5) is 0 Å². The second kappa shape index (κ2) is 12.8. The highest BCUT2D eigenvalue weighted by atomic mass is 32.1. The third kappa shape index (κ3) is 5.38. The Bertz CT molecular complexity index is 3220. The summed E-state index contributed by atoms with van der Waals surface area (Å²) in [7, 11) is 0. The fourth-order valence-corrected chi connectivity index (χ4v) is 9.20. The topological polar surface area (TPSA) is 38.7 Å². The van der Waals surface area contributed by atoms with Crippen LogP contribution in [-0.2, 0) is 0 Å². The van der Waals surface area contributed by atoms with Crippen molar-refractivity contribution in [2.24, 2.45) is 0 Å². The number of hydrogen-bond acceptors (Lipinski definition) is 4. The smallest absolute Gasteiger partial charge is 0.164 e. The minimum atomic E-state index is 0.645. The van der Waals surface area contributed by atoms with Crippen LogP contribution in [0.5, 0.6) is 0 Å². The predicted octanol–water partition coefficient (Wildman–Crippen LogP) is 14.0. The molecule has 0 radical (unpaired) electrons. The van der Waals surface area contributed by atoms with Crippen molar-refractivity contribution < 1.29 is 0 Å². The Morgan fingerprint density at radius 1 is 0.255 bits per heavy atom. The van der Waals surface area contributed by atoms with Crippen LogP contribution in [0, 0.1) is 0 Å². The molecule has 2 heterocycles. The number of benzene rings is 9. The monoisotopic (exact) mass is 717 g/mol. The van der Waals surface area contributed by atoms with Crippen LogP contribution in [0.3, 0.4) is 0 Å². The van der Waals surface area contributed by atoms with E-state index in [0.29, 0.717) is 17.5 Å². The molecule has 0 amide bonds. The third-order valence-electron chi connectivity index (χ3n) is 10.7. The van der Waals surface area contributed by atoms with Gasteiger partial charge in [0.2, 0.25) is 0 Å². The molecule has 0 N–H and O–H groups in total. The van der Waals surface area contributed by atoms with Crippen molar-refractivity contribution in [3.63, 3.8) is 0 Å². The number of nitrogens with zero attached hydrogens (tertiary/aromatic N) is 3. The Morgan fingerprint density at radius 3 is 1.45 bits per heavy atom. The van der Waals surface area contributed by atoms with Crippen LogP contribution >= 0.6 is 11.3 Å². The first-order valence-corrected chi connectivity index (χ1v) is 19.3. The van der Waals surface area contributed by atoms with Crippen molar-refractivity contribution in [2.45, 2.75) is 0 Å². The fourth-order valence-electron chi connectivity index (χ4n) is 8.07. The molecule has 0 bridgehead atoms. The molecular formula is C51H31N3S. The number of fused-ring (bicyclic) bond motifs is 9. The van der Waals surface area contributed by atoms with Gasteiger partial charge in [0.1, 0.15) is 0 Å². The van der Waals surface area contributed by atoms with Crippen LogP contribution in [0.1, 0.15) is 0 Å². The summed E-state index contributed by atoms with van der Waals surface area (Å²) in [6, 6.07) is 66.9. The first-order valence-electron chi connectivity index (χ1n) is 18.5. The van der Waals surface area contributed by atoms with Gasteiger partial charge in [-0.3, -0.25) is 0 Å². The minimum Gasteiger partial charge on any atom is -0.208 e. The number of hydrogen-bond donors (Lipinski definition) is 0. The number of aromatic nitrogens is 3. The highest BCUT2D eigenvalue weighted by Gasteiger charge is 2.18. The molecule has 0 spiro atoms. The van der Waals surface area contributed by atoms with Crippen LogP contribution in [-0.4, -0.2) is 15.0 Å².